The molecule has 0 aliphatic carbocycles. The molecular formula is C23H25F4NO6S. The Morgan fingerprint density at radius 1 is 1.20 bits per heavy atom. The van der Waals surface area contributed by atoms with Crippen LogP contribution in [-0.2, 0) is 27.6 Å². The van der Waals surface area contributed by atoms with Gasteiger partial charge in [0.15, 0.2) is 0 Å². The van der Waals surface area contributed by atoms with Gasteiger partial charge in [0.25, 0.3) is 0 Å². The van der Waals surface area contributed by atoms with E-state index in [2.05, 4.69) is 0 Å². The fraction of sp³-hybridized carbons (Fsp3) is 0.435. The number of benzene rings is 2. The number of sulfonamides is 1. The molecule has 2 N–H and O–H groups in total. The standard InChI is InChI=1S/C23H25F4NO6S/c1-14(2)22(31)10-9-20(21(29)30)28(13-22)35(32,33)18-6-4-17(5-7-18)34-12-15-11-16(24)3-8-19(15)23(25,26)27/h3-8,11,14,20,31H,9-10,12-13H2,1-2H3,(H,29,30). The van der Waals surface area contributed by atoms with Crippen molar-refractivity contribution < 1.29 is 45.7 Å². The summed E-state index contributed by atoms with van der Waals surface area (Å²) in [5.74, 6) is -2.51. The van der Waals surface area contributed by atoms with E-state index >= 15 is 0 Å². The summed E-state index contributed by atoms with van der Waals surface area (Å²) in [6.07, 6.45) is -4.66. The van der Waals surface area contributed by atoms with Crippen LogP contribution in [0.4, 0.5) is 17.6 Å². The molecule has 0 spiro atoms. The molecule has 2 aromatic rings. The Balaban J connectivity index is 1.82. The van der Waals surface area contributed by atoms with Crippen molar-refractivity contribution in [3.63, 3.8) is 0 Å². The molecule has 3 rings (SSSR count). The van der Waals surface area contributed by atoms with E-state index in [4.69, 9.17) is 4.74 Å². The number of piperidine rings is 1. The zero-order chi connectivity index (χ0) is 26.2. The molecule has 0 bridgehead atoms. The molecule has 1 heterocycles. The molecule has 0 amide bonds. The summed E-state index contributed by atoms with van der Waals surface area (Å²) in [6.45, 7) is 2.40. The third kappa shape index (κ3) is 5.76. The molecule has 1 saturated heterocycles. The maximum absolute atomic E-state index is 13.5. The predicted octanol–water partition coefficient (Wildman–Crippen LogP) is 4.05. The predicted molar refractivity (Wildman–Crippen MR) is 117 cm³/mol. The Morgan fingerprint density at radius 2 is 1.83 bits per heavy atom. The zero-order valence-corrected chi connectivity index (χ0v) is 19.7. The van der Waals surface area contributed by atoms with Gasteiger partial charge < -0.3 is 14.9 Å². The first-order valence-corrected chi connectivity index (χ1v) is 12.1. The number of carbonyl (C=O) groups is 1. The van der Waals surface area contributed by atoms with Crippen LogP contribution in [0.15, 0.2) is 47.4 Å². The van der Waals surface area contributed by atoms with Gasteiger partial charge in [-0.1, -0.05) is 13.8 Å². The second-order valence-electron chi connectivity index (χ2n) is 8.76. The Bertz CT molecular complexity index is 1180. The molecule has 1 aliphatic heterocycles. The lowest BCUT2D eigenvalue weighted by molar-refractivity contribution is -0.146. The second kappa shape index (κ2) is 9.75. The Morgan fingerprint density at radius 3 is 2.37 bits per heavy atom. The number of carboxylic acid groups (broad SMARTS) is 1. The average Bonchev–Trinajstić information content (AvgIpc) is 2.76. The van der Waals surface area contributed by atoms with E-state index in [1.807, 2.05) is 0 Å². The highest BCUT2D eigenvalue weighted by Gasteiger charge is 2.47. The van der Waals surface area contributed by atoms with Gasteiger partial charge >= 0.3 is 12.1 Å². The summed E-state index contributed by atoms with van der Waals surface area (Å²) in [4.78, 5) is 11.4. The van der Waals surface area contributed by atoms with Gasteiger partial charge in [-0.3, -0.25) is 4.79 Å². The third-order valence-corrected chi connectivity index (χ3v) is 8.05. The number of ether oxygens (including phenoxy) is 1. The molecule has 35 heavy (non-hydrogen) atoms. The maximum atomic E-state index is 13.5. The van der Waals surface area contributed by atoms with Gasteiger partial charge in [-0.2, -0.15) is 17.5 Å². The molecule has 0 radical (unpaired) electrons. The fourth-order valence-corrected chi connectivity index (χ4v) is 5.60. The van der Waals surface area contributed by atoms with Crippen molar-refractivity contribution in [2.24, 2.45) is 5.92 Å². The highest BCUT2D eigenvalue weighted by Crippen LogP contribution is 2.36. The minimum atomic E-state index is -4.71. The Labute approximate surface area is 200 Å². The molecule has 0 aromatic heterocycles. The van der Waals surface area contributed by atoms with E-state index in [0.717, 1.165) is 16.4 Å². The first kappa shape index (κ1) is 26.9. The number of hydrogen-bond donors (Lipinski definition) is 2. The van der Waals surface area contributed by atoms with E-state index in [0.29, 0.717) is 18.2 Å². The van der Waals surface area contributed by atoms with E-state index in [1.54, 1.807) is 13.8 Å². The molecule has 2 atom stereocenters. The van der Waals surface area contributed by atoms with Crippen LogP contribution in [-0.4, -0.2) is 47.1 Å². The molecular weight excluding hydrogens is 494 g/mol. The average molecular weight is 520 g/mol. The number of hydrogen-bond acceptors (Lipinski definition) is 5. The molecule has 192 valence electrons. The van der Waals surface area contributed by atoms with E-state index < -0.39 is 63.9 Å². The van der Waals surface area contributed by atoms with Crippen molar-refractivity contribution in [2.75, 3.05) is 6.54 Å². The lowest BCUT2D eigenvalue weighted by atomic mass is 9.81. The van der Waals surface area contributed by atoms with Gasteiger partial charge in [0, 0.05) is 12.1 Å². The van der Waals surface area contributed by atoms with Crippen molar-refractivity contribution in [1.82, 2.24) is 4.31 Å². The summed E-state index contributed by atoms with van der Waals surface area (Å²) in [5, 5.41) is 20.4. The van der Waals surface area contributed by atoms with Crippen molar-refractivity contribution in [1.29, 1.82) is 0 Å². The van der Waals surface area contributed by atoms with Crippen molar-refractivity contribution in [3.05, 3.63) is 59.4 Å². The number of carboxylic acids is 1. The van der Waals surface area contributed by atoms with Crippen molar-refractivity contribution in [2.45, 2.75) is 56.0 Å². The topological polar surface area (TPSA) is 104 Å². The van der Waals surface area contributed by atoms with Crippen LogP contribution >= 0.6 is 0 Å². The SMILES string of the molecule is CC(C)C1(O)CCC(C(=O)O)N(S(=O)(=O)c2ccc(OCc3cc(F)ccc3C(F)(F)F)cc2)C1. The Hall–Kier alpha value is -2.70. The van der Waals surface area contributed by atoms with Crippen LogP contribution in [0.1, 0.15) is 37.8 Å². The lowest BCUT2D eigenvalue weighted by Crippen LogP contribution is -2.59. The smallest absolute Gasteiger partial charge is 0.416 e. The van der Waals surface area contributed by atoms with Gasteiger partial charge in [-0.05, 0) is 61.2 Å². The van der Waals surface area contributed by atoms with Gasteiger partial charge in [0.1, 0.15) is 24.2 Å². The van der Waals surface area contributed by atoms with Crippen LogP contribution in [0.2, 0.25) is 0 Å². The van der Waals surface area contributed by atoms with Gasteiger partial charge in [-0.15, -0.1) is 0 Å². The molecule has 12 heteroatoms. The van der Waals surface area contributed by atoms with Crippen molar-refractivity contribution >= 4 is 16.0 Å². The number of nitrogens with zero attached hydrogens (tertiary/aromatic N) is 1. The zero-order valence-electron chi connectivity index (χ0n) is 18.9. The molecule has 7 nitrogen and oxygen atoms in total. The summed E-state index contributed by atoms with van der Waals surface area (Å²) >= 11 is 0. The number of rotatable bonds is 7. The van der Waals surface area contributed by atoms with Gasteiger partial charge in [-0.25, -0.2) is 12.8 Å². The molecule has 2 unspecified atom stereocenters. The number of alkyl halides is 3. The summed E-state index contributed by atoms with van der Waals surface area (Å²) in [6, 6.07) is 5.31. The minimum Gasteiger partial charge on any atom is -0.489 e. The largest absolute Gasteiger partial charge is 0.489 e. The number of aliphatic hydroxyl groups is 1. The van der Waals surface area contributed by atoms with Crippen molar-refractivity contribution in [3.8, 4) is 5.75 Å². The first-order chi connectivity index (χ1) is 16.1. The lowest BCUT2D eigenvalue weighted by Gasteiger charge is -2.43. The van der Waals surface area contributed by atoms with Gasteiger partial charge in [0.2, 0.25) is 10.0 Å². The monoisotopic (exact) mass is 519 g/mol. The quantitative estimate of drug-likeness (QED) is 0.535. The third-order valence-electron chi connectivity index (χ3n) is 6.19. The second-order valence-corrected chi connectivity index (χ2v) is 10.7. The number of halogens is 4. The summed E-state index contributed by atoms with van der Waals surface area (Å²) in [7, 11) is -4.34. The van der Waals surface area contributed by atoms with E-state index in [1.165, 1.54) is 12.1 Å². The molecule has 1 fully saturated rings. The number of β-amino-alcohol motifs (C(OH)–C–C–N with tert-alkyl or cyclic N) is 1. The van der Waals surface area contributed by atoms with Crippen LogP contribution in [0.25, 0.3) is 0 Å². The highest BCUT2D eigenvalue weighted by atomic mass is 32.2. The normalized spacial score (nSPS) is 21.8. The summed E-state index contributed by atoms with van der Waals surface area (Å²) in [5.41, 5.74) is -2.89. The molecule has 0 saturated carbocycles. The van der Waals surface area contributed by atoms with Crippen LogP contribution < -0.4 is 4.74 Å². The minimum absolute atomic E-state index is 0.0217. The summed E-state index contributed by atoms with van der Waals surface area (Å²) < 4.78 is 85.5. The Kier molecular flexibility index (Phi) is 7.49. The van der Waals surface area contributed by atoms with Crippen LogP contribution in [0, 0.1) is 11.7 Å². The highest BCUT2D eigenvalue weighted by molar-refractivity contribution is 7.89. The van der Waals surface area contributed by atoms with E-state index in [-0.39, 0.29) is 29.4 Å². The van der Waals surface area contributed by atoms with E-state index in [9.17, 15) is 41.0 Å². The molecule has 1 aliphatic rings. The molecule has 2 aromatic carbocycles. The van der Waals surface area contributed by atoms with Crippen LogP contribution in [0.3, 0.4) is 0 Å². The van der Waals surface area contributed by atoms with Crippen LogP contribution in [0.5, 0.6) is 5.75 Å². The maximum Gasteiger partial charge on any atom is 0.416 e. The fourth-order valence-electron chi connectivity index (χ4n) is 3.92. The van der Waals surface area contributed by atoms with Gasteiger partial charge in [0.05, 0.1) is 16.1 Å². The number of aliphatic carboxylic acids is 1. The first-order valence-electron chi connectivity index (χ1n) is 10.7.